The molecule has 6 nitrogen and oxygen atoms in total. The van der Waals surface area contributed by atoms with Crippen molar-refractivity contribution in [2.75, 3.05) is 13.1 Å². The second-order valence-electron chi connectivity index (χ2n) is 6.20. The fourth-order valence-electron chi connectivity index (χ4n) is 3.15. The highest BCUT2D eigenvalue weighted by Crippen LogP contribution is 2.29. The van der Waals surface area contributed by atoms with E-state index in [4.69, 9.17) is 5.26 Å². The largest absolute Gasteiger partial charge is 0.337 e. The van der Waals surface area contributed by atoms with Gasteiger partial charge in [0.25, 0.3) is 11.5 Å². The van der Waals surface area contributed by atoms with Crippen molar-refractivity contribution >= 4 is 27.5 Å². The number of aryl methyl sites for hydroxylation is 2. The summed E-state index contributed by atoms with van der Waals surface area (Å²) in [6.07, 6.45) is 1.76. The molecule has 0 fully saturated rings. The number of amides is 1. The molecule has 1 atom stereocenters. The van der Waals surface area contributed by atoms with Crippen LogP contribution in [0, 0.1) is 24.2 Å². The highest BCUT2D eigenvalue weighted by molar-refractivity contribution is 7.20. The van der Waals surface area contributed by atoms with Crippen molar-refractivity contribution < 1.29 is 4.79 Å². The zero-order chi connectivity index (χ0) is 17.4. The fourth-order valence-corrected chi connectivity index (χ4v) is 4.31. The lowest BCUT2D eigenvalue weighted by Gasteiger charge is -2.21. The van der Waals surface area contributed by atoms with Crippen LogP contribution in [0.15, 0.2) is 4.79 Å². The number of nitrogens with zero attached hydrogens (tertiary/aromatic N) is 4. The number of fused-ring (bicyclic) bond motifs is 2. The molecule has 24 heavy (non-hydrogen) atoms. The second kappa shape index (κ2) is 6.36. The van der Waals surface area contributed by atoms with Crippen LogP contribution < -0.4 is 5.56 Å². The molecule has 2 aromatic heterocycles. The van der Waals surface area contributed by atoms with Gasteiger partial charge in [-0.25, -0.2) is 4.98 Å². The van der Waals surface area contributed by atoms with Gasteiger partial charge in [0.2, 0.25) is 0 Å². The number of carbonyl (C=O) groups is 1. The summed E-state index contributed by atoms with van der Waals surface area (Å²) in [5.74, 6) is 0.471. The quantitative estimate of drug-likeness (QED) is 0.853. The van der Waals surface area contributed by atoms with E-state index < -0.39 is 0 Å². The van der Waals surface area contributed by atoms with Gasteiger partial charge >= 0.3 is 0 Å². The summed E-state index contributed by atoms with van der Waals surface area (Å²) in [4.78, 5) is 33.1. The molecule has 0 N–H and O–H groups in total. The van der Waals surface area contributed by atoms with Gasteiger partial charge in [-0.05, 0) is 32.8 Å². The van der Waals surface area contributed by atoms with E-state index in [2.05, 4.69) is 11.1 Å². The van der Waals surface area contributed by atoms with E-state index in [1.54, 1.807) is 16.4 Å². The smallest absolute Gasteiger partial charge is 0.264 e. The second-order valence-corrected chi connectivity index (χ2v) is 7.20. The van der Waals surface area contributed by atoms with Crippen LogP contribution in [0.3, 0.4) is 0 Å². The maximum absolute atomic E-state index is 12.9. The van der Waals surface area contributed by atoms with E-state index >= 15 is 0 Å². The van der Waals surface area contributed by atoms with Crippen LogP contribution in [0.1, 0.15) is 41.3 Å². The molecule has 1 aliphatic heterocycles. The highest BCUT2D eigenvalue weighted by atomic mass is 32.1. The van der Waals surface area contributed by atoms with Gasteiger partial charge in [-0.1, -0.05) is 0 Å². The van der Waals surface area contributed by atoms with Gasteiger partial charge in [-0.3, -0.25) is 14.2 Å². The first-order valence-electron chi connectivity index (χ1n) is 8.19. The summed E-state index contributed by atoms with van der Waals surface area (Å²) in [5.41, 5.74) is 0.677. The zero-order valence-corrected chi connectivity index (χ0v) is 14.9. The van der Waals surface area contributed by atoms with Gasteiger partial charge in [-0.15, -0.1) is 11.3 Å². The van der Waals surface area contributed by atoms with Gasteiger partial charge in [0.1, 0.15) is 10.7 Å². The van der Waals surface area contributed by atoms with Gasteiger partial charge in [0.05, 0.1) is 22.3 Å². The maximum Gasteiger partial charge on any atom is 0.264 e. The van der Waals surface area contributed by atoms with Gasteiger partial charge < -0.3 is 4.90 Å². The summed E-state index contributed by atoms with van der Waals surface area (Å²) in [5, 5.41) is 9.56. The molecule has 2 aromatic rings. The lowest BCUT2D eigenvalue weighted by molar-refractivity contribution is 0.0757. The van der Waals surface area contributed by atoms with Crippen molar-refractivity contribution in [2.24, 2.45) is 5.92 Å². The first-order chi connectivity index (χ1) is 11.5. The van der Waals surface area contributed by atoms with Crippen molar-refractivity contribution in [3.63, 3.8) is 0 Å². The predicted octanol–water partition coefficient (Wildman–Crippen LogP) is 2.33. The third-order valence-electron chi connectivity index (χ3n) is 4.49. The number of carbonyl (C=O) groups excluding carboxylic acids is 1. The molecule has 0 radical (unpaired) electrons. The zero-order valence-electron chi connectivity index (χ0n) is 14.1. The normalized spacial score (nSPS) is 14.4. The average molecular weight is 344 g/mol. The summed E-state index contributed by atoms with van der Waals surface area (Å²) in [6, 6.07) is 2.16. The summed E-state index contributed by atoms with van der Waals surface area (Å²) in [7, 11) is 0. The van der Waals surface area contributed by atoms with E-state index in [0.717, 1.165) is 18.7 Å². The van der Waals surface area contributed by atoms with Crippen molar-refractivity contribution in [2.45, 2.75) is 40.2 Å². The minimum Gasteiger partial charge on any atom is -0.337 e. The molecule has 0 saturated carbocycles. The first-order valence-corrected chi connectivity index (χ1v) is 9.01. The molecule has 3 heterocycles. The van der Waals surface area contributed by atoms with Gasteiger partial charge in [-0.2, -0.15) is 5.26 Å². The monoisotopic (exact) mass is 344 g/mol. The minimum atomic E-state index is -0.226. The Balaban J connectivity index is 2.06. The molecule has 1 amide bonds. The predicted molar refractivity (Wildman–Crippen MR) is 93.3 cm³/mol. The van der Waals surface area contributed by atoms with Crippen LogP contribution in [0.4, 0.5) is 0 Å². The van der Waals surface area contributed by atoms with E-state index in [-0.39, 0.29) is 17.4 Å². The van der Waals surface area contributed by atoms with Crippen LogP contribution in [-0.2, 0) is 13.0 Å². The molecule has 3 rings (SSSR count). The molecule has 0 bridgehead atoms. The number of hydrogen-bond acceptors (Lipinski definition) is 5. The Hall–Kier alpha value is -2.20. The Morgan fingerprint density at radius 3 is 2.96 bits per heavy atom. The maximum atomic E-state index is 12.9. The van der Waals surface area contributed by atoms with Crippen molar-refractivity contribution in [1.29, 1.82) is 5.26 Å². The SMILES string of the molecule is CCN(CC(C)C#N)C(=O)c1sc2nc3n(c(=O)c2c1C)CCC3. The first kappa shape index (κ1) is 16.7. The third kappa shape index (κ3) is 2.61. The number of thiophene rings is 1. The van der Waals surface area contributed by atoms with Crippen LogP contribution >= 0.6 is 11.3 Å². The van der Waals surface area contributed by atoms with Crippen molar-refractivity contribution in [3.8, 4) is 6.07 Å². The summed E-state index contributed by atoms with van der Waals surface area (Å²) < 4.78 is 1.73. The molecular formula is C17H20N4O2S. The lowest BCUT2D eigenvalue weighted by Crippen LogP contribution is -2.34. The summed E-state index contributed by atoms with van der Waals surface area (Å²) >= 11 is 1.29. The van der Waals surface area contributed by atoms with Crippen LogP contribution in [0.25, 0.3) is 10.2 Å². The van der Waals surface area contributed by atoms with E-state index in [1.807, 2.05) is 13.8 Å². The van der Waals surface area contributed by atoms with Crippen LogP contribution in [0.5, 0.6) is 0 Å². The summed E-state index contributed by atoms with van der Waals surface area (Å²) in [6.45, 7) is 7.14. The van der Waals surface area contributed by atoms with Crippen LogP contribution in [-0.4, -0.2) is 33.4 Å². The number of nitriles is 1. The van der Waals surface area contributed by atoms with Crippen molar-refractivity contribution in [3.05, 3.63) is 26.6 Å². The van der Waals surface area contributed by atoms with E-state index in [9.17, 15) is 9.59 Å². The van der Waals surface area contributed by atoms with Crippen LogP contribution in [0.2, 0.25) is 0 Å². The van der Waals surface area contributed by atoms with E-state index in [1.165, 1.54) is 11.3 Å². The average Bonchev–Trinajstić information content (AvgIpc) is 3.17. The Bertz CT molecular complexity index is 906. The molecule has 1 aliphatic rings. The standard InChI is InChI=1S/C17H20N4O2S/c1-4-20(9-10(2)8-18)17(23)14-11(3)13-15(24-14)19-12-6-5-7-21(12)16(13)22/h10H,4-7,9H2,1-3H3. The molecule has 0 aliphatic carbocycles. The fraction of sp³-hybridized carbons (Fsp3) is 0.529. The number of rotatable bonds is 4. The van der Waals surface area contributed by atoms with E-state index in [0.29, 0.717) is 40.3 Å². The molecule has 7 heteroatoms. The van der Waals surface area contributed by atoms with Crippen molar-refractivity contribution in [1.82, 2.24) is 14.5 Å². The molecule has 0 spiro atoms. The third-order valence-corrected chi connectivity index (χ3v) is 5.66. The molecule has 0 aromatic carbocycles. The van der Waals surface area contributed by atoms with Gasteiger partial charge in [0.15, 0.2) is 0 Å². The molecule has 0 saturated heterocycles. The highest BCUT2D eigenvalue weighted by Gasteiger charge is 2.26. The topological polar surface area (TPSA) is 79.0 Å². The number of hydrogen-bond donors (Lipinski definition) is 0. The Morgan fingerprint density at radius 2 is 2.29 bits per heavy atom. The Morgan fingerprint density at radius 1 is 1.54 bits per heavy atom. The number of aromatic nitrogens is 2. The molecule has 1 unspecified atom stereocenters. The lowest BCUT2D eigenvalue weighted by atomic mass is 10.1. The molecule has 126 valence electrons. The Labute approximate surface area is 144 Å². The van der Waals surface area contributed by atoms with Gasteiger partial charge in [0, 0.05) is 26.1 Å². The minimum absolute atomic E-state index is 0.0336. The Kier molecular flexibility index (Phi) is 4.41. The molecular weight excluding hydrogens is 324 g/mol.